The highest BCUT2D eigenvalue weighted by Gasteiger charge is 2.44. The molecule has 1 fully saturated rings. The number of amidine groups is 1. The van der Waals surface area contributed by atoms with Crippen molar-refractivity contribution in [3.05, 3.63) is 78.1 Å². The van der Waals surface area contributed by atoms with Crippen LogP contribution in [0, 0.1) is 0 Å². The Labute approximate surface area is 187 Å². The Bertz CT molecular complexity index is 1020. The van der Waals surface area contributed by atoms with Crippen LogP contribution in [-0.2, 0) is 11.3 Å². The van der Waals surface area contributed by atoms with Gasteiger partial charge >= 0.3 is 0 Å². The third-order valence-electron chi connectivity index (χ3n) is 6.26. The Hall–Kier alpha value is -3.52. The molecule has 2 aromatic rings. The van der Waals surface area contributed by atoms with Crippen LogP contribution in [-0.4, -0.2) is 41.0 Å². The van der Waals surface area contributed by atoms with Gasteiger partial charge in [0.25, 0.3) is 0 Å². The van der Waals surface area contributed by atoms with Crippen molar-refractivity contribution in [3.8, 4) is 5.75 Å². The number of carbonyl (C=O) groups excluding carboxylic acids is 1. The minimum atomic E-state index is -0.00338. The lowest BCUT2D eigenvalue weighted by Crippen LogP contribution is -2.54. The molecule has 32 heavy (non-hydrogen) atoms. The van der Waals surface area contributed by atoms with Crippen LogP contribution in [0.5, 0.6) is 5.75 Å². The fourth-order valence-corrected chi connectivity index (χ4v) is 4.57. The van der Waals surface area contributed by atoms with Crippen LogP contribution < -0.4 is 20.9 Å². The van der Waals surface area contributed by atoms with E-state index in [1.165, 1.54) is 5.56 Å². The molecule has 8 nitrogen and oxygen atoms in total. The van der Waals surface area contributed by atoms with E-state index in [4.69, 9.17) is 4.74 Å². The van der Waals surface area contributed by atoms with E-state index in [0.717, 1.165) is 23.6 Å². The maximum atomic E-state index is 12.4. The number of para-hydroxylation sites is 1. The highest BCUT2D eigenvalue weighted by atomic mass is 16.5. The van der Waals surface area contributed by atoms with E-state index in [2.05, 4.69) is 61.6 Å². The van der Waals surface area contributed by atoms with Crippen molar-refractivity contribution in [2.75, 3.05) is 7.11 Å². The summed E-state index contributed by atoms with van der Waals surface area (Å²) in [6.45, 7) is 0.448. The second-order valence-electron chi connectivity index (χ2n) is 8.20. The van der Waals surface area contributed by atoms with Gasteiger partial charge in [0, 0.05) is 37.3 Å². The number of amides is 1. The number of fused-ring (bicyclic) bond motifs is 3. The van der Waals surface area contributed by atoms with Crippen LogP contribution in [0.2, 0.25) is 0 Å². The van der Waals surface area contributed by atoms with E-state index < -0.39 is 0 Å². The predicted octanol–water partition coefficient (Wildman–Crippen LogP) is 2.44. The maximum Gasteiger partial charge on any atom is 0.220 e. The van der Waals surface area contributed by atoms with Gasteiger partial charge in [-0.1, -0.05) is 48.5 Å². The number of nitrogens with zero attached hydrogens (tertiary/aromatic N) is 3. The number of nitrogens with one attached hydrogen (secondary N) is 3. The smallest absolute Gasteiger partial charge is 0.220 e. The van der Waals surface area contributed by atoms with Crippen molar-refractivity contribution in [3.63, 3.8) is 0 Å². The molecule has 166 valence electrons. The Morgan fingerprint density at radius 2 is 1.97 bits per heavy atom. The molecular weight excluding hydrogens is 404 g/mol. The Balaban J connectivity index is 1.14. The number of hydrazine groups is 1. The maximum absolute atomic E-state index is 12.4. The van der Waals surface area contributed by atoms with Crippen LogP contribution >= 0.6 is 0 Å². The average molecular weight is 433 g/mol. The van der Waals surface area contributed by atoms with Gasteiger partial charge in [0.2, 0.25) is 5.91 Å². The largest absolute Gasteiger partial charge is 0.496 e. The number of ether oxygens (including phenoxy) is 1. The zero-order valence-electron chi connectivity index (χ0n) is 18.1. The van der Waals surface area contributed by atoms with Crippen molar-refractivity contribution in [1.82, 2.24) is 26.1 Å². The Kier molecular flexibility index (Phi) is 5.68. The first kappa shape index (κ1) is 20.4. The molecule has 3 aliphatic heterocycles. The number of benzene rings is 2. The molecule has 2 aromatic carbocycles. The van der Waals surface area contributed by atoms with E-state index >= 15 is 0 Å². The zero-order valence-corrected chi connectivity index (χ0v) is 18.1. The van der Waals surface area contributed by atoms with Crippen molar-refractivity contribution in [2.24, 2.45) is 5.10 Å². The summed E-state index contributed by atoms with van der Waals surface area (Å²) in [7, 11) is 1.64. The van der Waals surface area contributed by atoms with E-state index in [1.54, 1.807) is 7.11 Å². The molecule has 1 amide bonds. The van der Waals surface area contributed by atoms with E-state index in [0.29, 0.717) is 19.4 Å². The minimum absolute atomic E-state index is 0.00338. The number of hydrogen-bond donors (Lipinski definition) is 3. The summed E-state index contributed by atoms with van der Waals surface area (Å²) in [4.78, 5) is 14.6. The molecule has 0 aromatic heterocycles. The summed E-state index contributed by atoms with van der Waals surface area (Å²) in [6, 6.07) is 18.7. The molecule has 3 unspecified atom stereocenters. The van der Waals surface area contributed by atoms with Crippen molar-refractivity contribution >= 4 is 11.7 Å². The second-order valence-corrected chi connectivity index (χ2v) is 8.20. The number of hydrazone groups is 1. The van der Waals surface area contributed by atoms with Gasteiger partial charge in [0.1, 0.15) is 17.8 Å². The molecule has 0 aliphatic carbocycles. The molecule has 3 aliphatic rings. The first-order valence-corrected chi connectivity index (χ1v) is 11.0. The lowest BCUT2D eigenvalue weighted by Gasteiger charge is -2.37. The summed E-state index contributed by atoms with van der Waals surface area (Å²) in [6.07, 6.45) is 6.10. The lowest BCUT2D eigenvalue weighted by atomic mass is 10.00. The first-order valence-electron chi connectivity index (χ1n) is 11.0. The summed E-state index contributed by atoms with van der Waals surface area (Å²) in [5, 5.41) is 9.70. The van der Waals surface area contributed by atoms with Gasteiger partial charge < -0.3 is 20.0 Å². The normalized spacial score (nSPS) is 23.3. The topological polar surface area (TPSA) is 81.2 Å². The molecule has 8 heteroatoms. The summed E-state index contributed by atoms with van der Waals surface area (Å²) < 4.78 is 5.35. The van der Waals surface area contributed by atoms with Gasteiger partial charge in [-0.25, -0.2) is 5.43 Å². The molecule has 3 atom stereocenters. The third-order valence-corrected chi connectivity index (χ3v) is 6.26. The quantitative estimate of drug-likeness (QED) is 0.624. The Morgan fingerprint density at radius 1 is 1.16 bits per heavy atom. The molecule has 5 rings (SSSR count). The van der Waals surface area contributed by atoms with Gasteiger partial charge in [-0.3, -0.25) is 10.2 Å². The molecule has 0 radical (unpaired) electrons. The van der Waals surface area contributed by atoms with Gasteiger partial charge in [-0.2, -0.15) is 5.10 Å². The first-order chi connectivity index (χ1) is 15.7. The molecule has 3 N–H and O–H groups in total. The van der Waals surface area contributed by atoms with Crippen molar-refractivity contribution in [2.45, 2.75) is 44.1 Å². The summed E-state index contributed by atoms with van der Waals surface area (Å²) >= 11 is 0. The SMILES string of the molecule is COc1ccccc1CNC(=O)CCC1=NNC2C3CC(c4ccccc4)NN3C=CN12. The second kappa shape index (κ2) is 8.92. The predicted molar refractivity (Wildman–Crippen MR) is 122 cm³/mol. The zero-order chi connectivity index (χ0) is 21.9. The number of hydrogen-bond acceptors (Lipinski definition) is 7. The number of methoxy groups -OCH3 is 1. The van der Waals surface area contributed by atoms with E-state index in [-0.39, 0.29) is 24.2 Å². The number of carbonyl (C=O) groups is 1. The van der Waals surface area contributed by atoms with Crippen molar-refractivity contribution in [1.29, 1.82) is 0 Å². The van der Waals surface area contributed by atoms with Crippen LogP contribution in [0.15, 0.2) is 72.1 Å². The molecule has 0 spiro atoms. The number of rotatable bonds is 7. The summed E-state index contributed by atoms with van der Waals surface area (Å²) in [5.74, 6) is 1.67. The monoisotopic (exact) mass is 432 g/mol. The molecule has 1 saturated heterocycles. The fraction of sp³-hybridized carbons (Fsp3) is 0.333. The van der Waals surface area contributed by atoms with Crippen LogP contribution in [0.3, 0.4) is 0 Å². The van der Waals surface area contributed by atoms with Crippen molar-refractivity contribution < 1.29 is 9.53 Å². The molecule has 0 saturated carbocycles. The summed E-state index contributed by atoms with van der Waals surface area (Å²) in [5.41, 5.74) is 9.11. The fourth-order valence-electron chi connectivity index (χ4n) is 4.57. The minimum Gasteiger partial charge on any atom is -0.496 e. The van der Waals surface area contributed by atoms with Gasteiger partial charge in [-0.05, 0) is 18.1 Å². The average Bonchev–Trinajstić information content (AvgIpc) is 3.46. The molecular formula is C24H28N6O2. The van der Waals surface area contributed by atoms with Gasteiger partial charge in [-0.15, -0.1) is 0 Å². The third kappa shape index (κ3) is 4.01. The molecule has 0 bridgehead atoms. The van der Waals surface area contributed by atoms with Gasteiger partial charge in [0.15, 0.2) is 0 Å². The highest BCUT2D eigenvalue weighted by Crippen LogP contribution is 2.34. The van der Waals surface area contributed by atoms with E-state index in [1.807, 2.05) is 36.5 Å². The standard InChI is InChI=1S/C24H28N6O2/c1-32-21-10-6-5-9-18(21)16-25-23(31)12-11-22-26-27-24-20-15-19(17-7-3-2-4-8-17)28-30(20)14-13-29(22)24/h2-10,13-14,19-20,24,27-28H,11-12,15-16H2,1H3,(H,25,31). The Morgan fingerprint density at radius 3 is 2.81 bits per heavy atom. The van der Waals surface area contributed by atoms with Gasteiger partial charge in [0.05, 0.1) is 19.2 Å². The molecule has 3 heterocycles. The highest BCUT2D eigenvalue weighted by molar-refractivity contribution is 5.89. The van der Waals surface area contributed by atoms with E-state index in [9.17, 15) is 4.79 Å². The van der Waals surface area contributed by atoms with Crippen LogP contribution in [0.4, 0.5) is 0 Å². The lowest BCUT2D eigenvalue weighted by molar-refractivity contribution is -0.121. The van der Waals surface area contributed by atoms with Crippen LogP contribution in [0.25, 0.3) is 0 Å². The van der Waals surface area contributed by atoms with Crippen LogP contribution in [0.1, 0.15) is 36.4 Å².